The number of thiophene rings is 1. The van der Waals surface area contributed by atoms with Gasteiger partial charge < -0.3 is 15.5 Å². The smallest absolute Gasteiger partial charge is 0.230 e. The van der Waals surface area contributed by atoms with Gasteiger partial charge in [-0.3, -0.25) is 0 Å². The molecule has 2 aliphatic rings. The highest BCUT2D eigenvalue weighted by molar-refractivity contribution is 7.17. The van der Waals surface area contributed by atoms with Crippen LogP contribution in [0.2, 0.25) is 0 Å². The molecule has 28 heavy (non-hydrogen) atoms. The zero-order chi connectivity index (χ0) is 18.9. The third-order valence-electron chi connectivity index (χ3n) is 5.82. The number of fused-ring (bicyclic) bond motifs is 1. The Morgan fingerprint density at radius 1 is 1.18 bits per heavy atom. The number of hydrogen-bond donors (Lipinski definition) is 2. The van der Waals surface area contributed by atoms with Crippen LogP contribution in [0.25, 0.3) is 10.2 Å². The largest absolute Gasteiger partial charge is 0.366 e. The molecule has 0 radical (unpaired) electrons. The summed E-state index contributed by atoms with van der Waals surface area (Å²) in [5.41, 5.74) is 2.01. The topological polar surface area (TPSA) is 66.0 Å². The lowest BCUT2D eigenvalue weighted by Crippen LogP contribution is -2.41. The molecule has 8 heteroatoms. The lowest BCUT2D eigenvalue weighted by molar-refractivity contribution is 0.134. The van der Waals surface area contributed by atoms with E-state index in [0.717, 1.165) is 32.6 Å². The summed E-state index contributed by atoms with van der Waals surface area (Å²) in [7, 11) is 0. The average molecular weight is 415 g/mol. The molecule has 1 saturated heterocycles. The van der Waals surface area contributed by atoms with E-state index >= 15 is 0 Å². The van der Waals surface area contributed by atoms with E-state index in [1.54, 1.807) is 11.3 Å². The fourth-order valence-corrected chi connectivity index (χ4v) is 5.60. The van der Waals surface area contributed by atoms with Crippen LogP contribution in [-0.4, -0.2) is 44.9 Å². The molecule has 2 N–H and O–H groups in total. The molecule has 0 atom stereocenters. The Hall–Kier alpha value is -1.77. The first kappa shape index (κ1) is 18.3. The van der Waals surface area contributed by atoms with Gasteiger partial charge in [0.15, 0.2) is 0 Å². The summed E-state index contributed by atoms with van der Waals surface area (Å²) in [6.45, 7) is 5.92. The fourth-order valence-electron chi connectivity index (χ4n) is 4.16. The number of likely N-dealkylation sites (tertiary alicyclic amines) is 1. The van der Waals surface area contributed by atoms with E-state index < -0.39 is 0 Å². The molecule has 1 aliphatic heterocycles. The highest BCUT2D eigenvalue weighted by Crippen LogP contribution is 2.33. The Labute approximate surface area is 173 Å². The minimum absolute atomic E-state index is 0.506. The van der Waals surface area contributed by atoms with Crippen molar-refractivity contribution in [1.82, 2.24) is 19.2 Å². The number of aromatic nitrogens is 3. The van der Waals surface area contributed by atoms with E-state index in [2.05, 4.69) is 36.3 Å². The number of nitrogens with zero attached hydrogens (tertiary/aromatic N) is 4. The summed E-state index contributed by atoms with van der Waals surface area (Å²) < 4.78 is 5.47. The van der Waals surface area contributed by atoms with Gasteiger partial charge in [0.2, 0.25) is 5.95 Å². The predicted octanol–water partition coefficient (Wildman–Crippen LogP) is 4.88. The summed E-state index contributed by atoms with van der Waals surface area (Å²) in [6.07, 6.45) is 6.48. The molecule has 6 nitrogen and oxygen atoms in total. The number of anilines is 3. The normalized spacial score (nSPS) is 22.9. The first-order valence-electron chi connectivity index (χ1n) is 10.2. The molecule has 3 aromatic heterocycles. The molecule has 148 valence electrons. The number of hydrogen-bond acceptors (Lipinski definition) is 8. The SMILES string of the molecule is Cc1cc(Nc2nc(NC3CCC(CN4CCC4)CC3)c3sccc3n2)sn1. The number of nitrogens with one attached hydrogen (secondary N) is 2. The van der Waals surface area contributed by atoms with Crippen molar-refractivity contribution in [2.45, 2.75) is 45.1 Å². The van der Waals surface area contributed by atoms with E-state index in [0.29, 0.717) is 12.0 Å². The van der Waals surface area contributed by atoms with Gasteiger partial charge in [0.1, 0.15) is 10.8 Å². The minimum atomic E-state index is 0.506. The van der Waals surface area contributed by atoms with Crippen LogP contribution in [0.3, 0.4) is 0 Å². The zero-order valence-electron chi connectivity index (χ0n) is 16.1. The molecule has 0 spiro atoms. The second-order valence-electron chi connectivity index (χ2n) is 8.00. The van der Waals surface area contributed by atoms with Gasteiger partial charge in [-0.15, -0.1) is 11.3 Å². The Morgan fingerprint density at radius 3 is 2.75 bits per heavy atom. The maximum Gasteiger partial charge on any atom is 0.230 e. The van der Waals surface area contributed by atoms with Gasteiger partial charge >= 0.3 is 0 Å². The molecule has 0 unspecified atom stereocenters. The predicted molar refractivity (Wildman–Crippen MR) is 118 cm³/mol. The van der Waals surface area contributed by atoms with Gasteiger partial charge in [0, 0.05) is 12.6 Å². The van der Waals surface area contributed by atoms with E-state index in [4.69, 9.17) is 4.98 Å². The van der Waals surface area contributed by atoms with Crippen LogP contribution in [-0.2, 0) is 0 Å². The first-order valence-corrected chi connectivity index (χ1v) is 11.8. The number of rotatable bonds is 6. The summed E-state index contributed by atoms with van der Waals surface area (Å²) in [5, 5.41) is 10.1. The van der Waals surface area contributed by atoms with E-state index in [9.17, 15) is 0 Å². The van der Waals surface area contributed by atoms with Crippen LogP contribution >= 0.6 is 22.9 Å². The Kier molecular flexibility index (Phi) is 5.17. The van der Waals surface area contributed by atoms with Crippen LogP contribution < -0.4 is 10.6 Å². The summed E-state index contributed by atoms with van der Waals surface area (Å²) in [5.74, 6) is 2.48. The van der Waals surface area contributed by atoms with Crippen molar-refractivity contribution in [3.05, 3.63) is 23.2 Å². The first-order chi connectivity index (χ1) is 13.7. The molecule has 1 aliphatic carbocycles. The second kappa shape index (κ2) is 7.93. The van der Waals surface area contributed by atoms with Crippen molar-refractivity contribution in [2.24, 2.45) is 5.92 Å². The molecule has 0 amide bonds. The molecular weight excluding hydrogens is 388 g/mol. The maximum atomic E-state index is 4.81. The molecule has 5 rings (SSSR count). The Bertz CT molecular complexity index is 939. The molecule has 3 aromatic rings. The number of aryl methyl sites for hydroxylation is 1. The van der Waals surface area contributed by atoms with Gasteiger partial charge in [-0.2, -0.15) is 9.36 Å². The van der Waals surface area contributed by atoms with Crippen molar-refractivity contribution >= 4 is 49.9 Å². The fraction of sp³-hybridized carbons (Fsp3) is 0.550. The standard InChI is InChI=1S/C20H26N6S2/c1-13-11-17(28-25-13)23-20-22-16-7-10-27-18(16)19(24-20)21-15-5-3-14(4-6-15)12-26-8-2-9-26/h7,10-11,14-15H,2-6,8-9,12H2,1H3,(H2,21,22,23,24). The third-order valence-corrected chi connectivity index (χ3v) is 7.53. The zero-order valence-corrected chi connectivity index (χ0v) is 17.8. The van der Waals surface area contributed by atoms with E-state index in [-0.39, 0.29) is 0 Å². The van der Waals surface area contributed by atoms with Gasteiger partial charge in [-0.05, 0) is 87.1 Å². The quantitative estimate of drug-likeness (QED) is 0.599. The molecule has 1 saturated carbocycles. The highest BCUT2D eigenvalue weighted by atomic mass is 32.1. The summed E-state index contributed by atoms with van der Waals surface area (Å²) in [6, 6.07) is 4.60. The van der Waals surface area contributed by atoms with Crippen LogP contribution in [0.15, 0.2) is 17.5 Å². The lowest BCUT2D eigenvalue weighted by atomic mass is 9.85. The monoisotopic (exact) mass is 414 g/mol. The van der Waals surface area contributed by atoms with Crippen LogP contribution in [0, 0.1) is 12.8 Å². The van der Waals surface area contributed by atoms with Crippen molar-refractivity contribution in [2.75, 3.05) is 30.3 Å². The minimum Gasteiger partial charge on any atom is -0.366 e. The van der Waals surface area contributed by atoms with Crippen molar-refractivity contribution < 1.29 is 0 Å². The Balaban J connectivity index is 1.27. The van der Waals surface area contributed by atoms with Crippen molar-refractivity contribution in [3.8, 4) is 0 Å². The van der Waals surface area contributed by atoms with Gasteiger partial charge in [0.25, 0.3) is 0 Å². The van der Waals surface area contributed by atoms with Gasteiger partial charge in [-0.25, -0.2) is 4.98 Å². The molecule has 2 fully saturated rings. The average Bonchev–Trinajstić information content (AvgIpc) is 3.28. The maximum absolute atomic E-state index is 4.81. The second-order valence-corrected chi connectivity index (χ2v) is 9.73. The molecule has 0 bridgehead atoms. The van der Waals surface area contributed by atoms with Crippen molar-refractivity contribution in [1.29, 1.82) is 0 Å². The van der Waals surface area contributed by atoms with Crippen LogP contribution in [0.1, 0.15) is 37.8 Å². The highest BCUT2D eigenvalue weighted by Gasteiger charge is 2.25. The third kappa shape index (κ3) is 3.99. The molecular formula is C20H26N6S2. The van der Waals surface area contributed by atoms with Crippen LogP contribution in [0.5, 0.6) is 0 Å². The molecule has 0 aromatic carbocycles. The van der Waals surface area contributed by atoms with Gasteiger partial charge in [-0.1, -0.05) is 0 Å². The van der Waals surface area contributed by atoms with E-state index in [1.165, 1.54) is 63.3 Å². The molecule has 4 heterocycles. The van der Waals surface area contributed by atoms with Crippen molar-refractivity contribution in [3.63, 3.8) is 0 Å². The van der Waals surface area contributed by atoms with Gasteiger partial charge in [0.05, 0.1) is 15.9 Å². The van der Waals surface area contributed by atoms with Crippen LogP contribution in [0.4, 0.5) is 16.8 Å². The summed E-state index contributed by atoms with van der Waals surface area (Å²) >= 11 is 3.15. The Morgan fingerprint density at radius 2 is 2.04 bits per heavy atom. The van der Waals surface area contributed by atoms with E-state index in [1.807, 2.05) is 13.0 Å². The summed E-state index contributed by atoms with van der Waals surface area (Å²) in [4.78, 5) is 12.1. The lowest BCUT2D eigenvalue weighted by Gasteiger charge is -2.37.